The van der Waals surface area contributed by atoms with E-state index in [-0.39, 0.29) is 11.5 Å². The Morgan fingerprint density at radius 1 is 1.13 bits per heavy atom. The lowest BCUT2D eigenvalue weighted by atomic mass is 10.1. The van der Waals surface area contributed by atoms with Gasteiger partial charge in [-0.3, -0.25) is 4.79 Å². The van der Waals surface area contributed by atoms with Gasteiger partial charge in [-0.15, -0.1) is 0 Å². The second-order valence-electron chi connectivity index (χ2n) is 5.51. The van der Waals surface area contributed by atoms with Gasteiger partial charge in [-0.25, -0.2) is 0 Å². The molecule has 1 aromatic carbocycles. The van der Waals surface area contributed by atoms with E-state index in [4.69, 9.17) is 4.74 Å². The van der Waals surface area contributed by atoms with Crippen LogP contribution in [-0.4, -0.2) is 17.5 Å². The quantitative estimate of drug-likeness (QED) is 0.343. The number of ketones is 1. The van der Waals surface area contributed by atoms with Crippen LogP contribution in [-0.2, 0) is 4.79 Å². The van der Waals surface area contributed by atoms with Gasteiger partial charge in [0.2, 0.25) is 0 Å². The van der Waals surface area contributed by atoms with Gasteiger partial charge in [-0.2, -0.15) is 0 Å². The molecule has 0 fully saturated rings. The molecule has 0 heterocycles. The van der Waals surface area contributed by atoms with Crippen LogP contribution in [0.1, 0.15) is 57.9 Å². The van der Waals surface area contributed by atoms with Crippen molar-refractivity contribution in [3.8, 4) is 11.5 Å². The van der Waals surface area contributed by atoms with E-state index in [9.17, 15) is 9.90 Å². The van der Waals surface area contributed by atoms with E-state index in [1.54, 1.807) is 24.3 Å². The predicted octanol–water partition coefficient (Wildman–Crippen LogP) is 5.29. The summed E-state index contributed by atoms with van der Waals surface area (Å²) in [6, 6.07) is 5.25. The molecule has 0 amide bonds. The van der Waals surface area contributed by atoms with Crippen LogP contribution in [0.4, 0.5) is 0 Å². The number of allylic oxidation sites excluding steroid dienone is 3. The standard InChI is InChI=1S/C20H28O3/c1-3-5-6-7-8-12-18(21)13-10-9-11-17-14-15-20(23-4-2)19(22)16-17/h9-11,13-16,22H,3-8,12H2,1-2H3. The van der Waals surface area contributed by atoms with Crippen molar-refractivity contribution in [2.24, 2.45) is 0 Å². The summed E-state index contributed by atoms with van der Waals surface area (Å²) < 4.78 is 5.28. The number of aromatic hydroxyl groups is 1. The minimum Gasteiger partial charge on any atom is -0.504 e. The van der Waals surface area contributed by atoms with Crippen molar-refractivity contribution in [1.82, 2.24) is 0 Å². The number of benzene rings is 1. The summed E-state index contributed by atoms with van der Waals surface area (Å²) in [4.78, 5) is 11.7. The molecule has 0 aliphatic rings. The average molecular weight is 316 g/mol. The SMILES string of the molecule is CCCCCCCC(=O)C=CC=Cc1ccc(OCC)c(O)c1. The monoisotopic (exact) mass is 316 g/mol. The maximum absolute atomic E-state index is 11.7. The third-order valence-electron chi connectivity index (χ3n) is 3.49. The molecule has 1 N–H and O–H groups in total. The fourth-order valence-electron chi connectivity index (χ4n) is 2.23. The summed E-state index contributed by atoms with van der Waals surface area (Å²) in [6.45, 7) is 4.58. The smallest absolute Gasteiger partial charge is 0.160 e. The number of rotatable bonds is 11. The topological polar surface area (TPSA) is 46.5 Å². The van der Waals surface area contributed by atoms with Gasteiger partial charge in [0.05, 0.1) is 6.61 Å². The summed E-state index contributed by atoms with van der Waals surface area (Å²) in [5, 5.41) is 9.79. The van der Waals surface area contributed by atoms with Crippen LogP contribution in [0.5, 0.6) is 11.5 Å². The molecular weight excluding hydrogens is 288 g/mol. The first-order valence-corrected chi connectivity index (χ1v) is 8.50. The van der Waals surface area contributed by atoms with E-state index in [2.05, 4.69) is 6.92 Å². The molecule has 0 aliphatic heterocycles. The molecule has 0 aromatic heterocycles. The van der Waals surface area contributed by atoms with Gasteiger partial charge in [-0.05, 0) is 37.1 Å². The highest BCUT2D eigenvalue weighted by Gasteiger charge is 2.01. The van der Waals surface area contributed by atoms with Crippen LogP contribution in [0.2, 0.25) is 0 Å². The minimum absolute atomic E-state index is 0.126. The van der Waals surface area contributed by atoms with Crippen LogP contribution in [0.15, 0.2) is 36.4 Å². The molecule has 1 aromatic rings. The number of phenolic OH excluding ortho intramolecular Hbond substituents is 1. The molecule has 0 bridgehead atoms. The molecule has 0 unspecified atom stereocenters. The molecule has 3 heteroatoms. The Labute approximate surface area is 139 Å². The zero-order valence-electron chi connectivity index (χ0n) is 14.3. The molecule has 23 heavy (non-hydrogen) atoms. The zero-order chi connectivity index (χ0) is 16.9. The number of hydrogen-bond acceptors (Lipinski definition) is 3. The number of carbonyl (C=O) groups excluding carboxylic acids is 1. The first-order chi connectivity index (χ1) is 11.2. The largest absolute Gasteiger partial charge is 0.504 e. The van der Waals surface area contributed by atoms with Gasteiger partial charge < -0.3 is 9.84 Å². The van der Waals surface area contributed by atoms with E-state index in [1.807, 2.05) is 25.1 Å². The lowest BCUT2D eigenvalue weighted by Gasteiger charge is -2.05. The molecule has 3 nitrogen and oxygen atoms in total. The third kappa shape index (κ3) is 8.24. The number of hydrogen-bond donors (Lipinski definition) is 1. The molecule has 0 saturated heterocycles. The number of phenols is 1. The second kappa shape index (κ2) is 11.5. The number of carbonyl (C=O) groups is 1. The highest BCUT2D eigenvalue weighted by molar-refractivity contribution is 5.89. The summed E-state index contributed by atoms with van der Waals surface area (Å²) >= 11 is 0. The number of unbranched alkanes of at least 4 members (excludes halogenated alkanes) is 4. The summed E-state index contributed by atoms with van der Waals surface area (Å²) in [5.74, 6) is 0.778. The van der Waals surface area contributed by atoms with Crippen LogP contribution in [0.25, 0.3) is 6.08 Å². The van der Waals surface area contributed by atoms with Gasteiger partial charge in [-0.1, -0.05) is 56.9 Å². The molecule has 1 rings (SSSR count). The van der Waals surface area contributed by atoms with Crippen molar-refractivity contribution in [3.05, 3.63) is 42.0 Å². The van der Waals surface area contributed by atoms with Crippen molar-refractivity contribution in [2.75, 3.05) is 6.61 Å². The first kappa shape index (κ1) is 19.0. The molecule has 0 saturated carbocycles. The molecular formula is C20H28O3. The minimum atomic E-state index is 0.126. The lowest BCUT2D eigenvalue weighted by Crippen LogP contribution is -1.92. The Morgan fingerprint density at radius 3 is 2.61 bits per heavy atom. The van der Waals surface area contributed by atoms with Crippen molar-refractivity contribution in [2.45, 2.75) is 52.4 Å². The van der Waals surface area contributed by atoms with Crippen molar-refractivity contribution < 1.29 is 14.6 Å². The van der Waals surface area contributed by atoms with Gasteiger partial charge in [0.15, 0.2) is 17.3 Å². The van der Waals surface area contributed by atoms with E-state index in [0.29, 0.717) is 18.8 Å². The van der Waals surface area contributed by atoms with Gasteiger partial charge in [0.1, 0.15) is 0 Å². The Hall–Kier alpha value is -2.03. The Kier molecular flexibility index (Phi) is 9.53. The summed E-state index contributed by atoms with van der Waals surface area (Å²) in [5.41, 5.74) is 0.864. The third-order valence-corrected chi connectivity index (χ3v) is 3.49. The number of ether oxygens (including phenoxy) is 1. The highest BCUT2D eigenvalue weighted by Crippen LogP contribution is 2.27. The van der Waals surface area contributed by atoms with Crippen LogP contribution < -0.4 is 4.74 Å². The molecule has 0 atom stereocenters. The van der Waals surface area contributed by atoms with E-state index >= 15 is 0 Å². The summed E-state index contributed by atoms with van der Waals surface area (Å²) in [7, 11) is 0. The fourth-order valence-corrected chi connectivity index (χ4v) is 2.23. The maximum atomic E-state index is 11.7. The first-order valence-electron chi connectivity index (χ1n) is 8.50. The maximum Gasteiger partial charge on any atom is 0.160 e. The Bertz CT molecular complexity index is 530. The lowest BCUT2D eigenvalue weighted by molar-refractivity contribution is -0.114. The summed E-state index contributed by atoms with van der Waals surface area (Å²) in [6.07, 6.45) is 13.4. The normalized spacial score (nSPS) is 11.4. The van der Waals surface area contributed by atoms with E-state index < -0.39 is 0 Å². The van der Waals surface area contributed by atoms with Gasteiger partial charge >= 0.3 is 0 Å². The second-order valence-corrected chi connectivity index (χ2v) is 5.51. The van der Waals surface area contributed by atoms with Crippen LogP contribution in [0, 0.1) is 0 Å². The fraction of sp³-hybridized carbons (Fsp3) is 0.450. The van der Waals surface area contributed by atoms with Crippen LogP contribution >= 0.6 is 0 Å². The van der Waals surface area contributed by atoms with E-state index in [1.165, 1.54) is 19.3 Å². The van der Waals surface area contributed by atoms with Crippen molar-refractivity contribution >= 4 is 11.9 Å². The predicted molar refractivity (Wildman–Crippen MR) is 95.8 cm³/mol. The zero-order valence-corrected chi connectivity index (χ0v) is 14.3. The molecule has 0 radical (unpaired) electrons. The van der Waals surface area contributed by atoms with Gasteiger partial charge in [0, 0.05) is 6.42 Å². The van der Waals surface area contributed by atoms with Crippen molar-refractivity contribution in [1.29, 1.82) is 0 Å². The molecule has 0 aliphatic carbocycles. The Balaban J connectivity index is 2.37. The van der Waals surface area contributed by atoms with Crippen molar-refractivity contribution in [3.63, 3.8) is 0 Å². The van der Waals surface area contributed by atoms with Gasteiger partial charge in [0.25, 0.3) is 0 Å². The Morgan fingerprint density at radius 2 is 1.91 bits per heavy atom. The highest BCUT2D eigenvalue weighted by atomic mass is 16.5. The molecule has 126 valence electrons. The average Bonchev–Trinajstić information content (AvgIpc) is 2.54. The molecule has 0 spiro atoms. The van der Waals surface area contributed by atoms with Crippen LogP contribution in [0.3, 0.4) is 0 Å². The van der Waals surface area contributed by atoms with E-state index in [0.717, 1.165) is 18.4 Å².